The van der Waals surface area contributed by atoms with E-state index in [4.69, 9.17) is 14.2 Å². The lowest BCUT2D eigenvalue weighted by Gasteiger charge is -2.24. The predicted octanol–water partition coefficient (Wildman–Crippen LogP) is 4.91. The van der Waals surface area contributed by atoms with Crippen LogP contribution in [-0.2, 0) is 14.3 Å². The van der Waals surface area contributed by atoms with Crippen molar-refractivity contribution >= 4 is 55.8 Å². The van der Waals surface area contributed by atoms with Gasteiger partial charge in [-0.2, -0.15) is 0 Å². The van der Waals surface area contributed by atoms with E-state index in [9.17, 15) is 24.6 Å². The van der Waals surface area contributed by atoms with Crippen LogP contribution in [-0.4, -0.2) is 53.7 Å². The average molecular weight is 615 g/mol. The number of phenolic OH excluding ortho intramolecular Hbond substituents is 1. The number of aromatic hydroxyl groups is 1. The van der Waals surface area contributed by atoms with Gasteiger partial charge in [0, 0.05) is 5.56 Å². The van der Waals surface area contributed by atoms with E-state index in [-0.39, 0.29) is 43.7 Å². The zero-order chi connectivity index (χ0) is 28.4. The van der Waals surface area contributed by atoms with Gasteiger partial charge in [0.15, 0.2) is 16.6 Å². The van der Waals surface area contributed by atoms with Crippen molar-refractivity contribution in [2.24, 2.45) is 0 Å². The molecular weight excluding hydrogens is 592 g/mol. The normalized spacial score (nSPS) is 16.3. The number of anilines is 1. The van der Waals surface area contributed by atoms with Gasteiger partial charge in [-0.3, -0.25) is 14.5 Å². The molecule has 39 heavy (non-hydrogen) atoms. The van der Waals surface area contributed by atoms with Gasteiger partial charge in [-0.25, -0.2) is 9.78 Å². The van der Waals surface area contributed by atoms with E-state index in [1.807, 2.05) is 0 Å². The Kier molecular flexibility index (Phi) is 8.07. The van der Waals surface area contributed by atoms with Crippen LogP contribution in [0.1, 0.15) is 32.5 Å². The lowest BCUT2D eigenvalue weighted by molar-refractivity contribution is -0.132. The molecule has 0 radical (unpaired) electrons. The first-order chi connectivity index (χ1) is 18.6. The number of aromatic nitrogens is 1. The van der Waals surface area contributed by atoms with Crippen molar-refractivity contribution < 1.29 is 38.8 Å². The molecule has 1 saturated heterocycles. The number of hydrogen-bond acceptors (Lipinski definition) is 10. The first-order valence-corrected chi connectivity index (χ1v) is 13.0. The molecule has 1 aromatic heterocycles. The van der Waals surface area contributed by atoms with E-state index < -0.39 is 29.5 Å². The summed E-state index contributed by atoms with van der Waals surface area (Å²) in [5.41, 5.74) is 0.633. The molecule has 10 nitrogen and oxygen atoms in total. The monoisotopic (exact) mass is 614 g/mol. The maximum atomic E-state index is 13.5. The number of Topliss-reactive ketones (excluding diaryl/α,β-unsaturated/α-hetero) is 1. The number of carbonyl (C=O) groups is 3. The number of aryl methyl sites for hydroxylation is 1. The minimum Gasteiger partial charge on any atom is -0.507 e. The Bertz CT molecular complexity index is 1530. The van der Waals surface area contributed by atoms with Crippen molar-refractivity contribution in [2.75, 3.05) is 25.7 Å². The molecule has 1 amide bonds. The van der Waals surface area contributed by atoms with Gasteiger partial charge >= 0.3 is 11.9 Å². The Morgan fingerprint density at radius 1 is 1.23 bits per heavy atom. The molecule has 0 saturated carbocycles. The van der Waals surface area contributed by atoms with Crippen molar-refractivity contribution in [1.29, 1.82) is 0 Å². The third-order valence-electron chi connectivity index (χ3n) is 5.88. The second kappa shape index (κ2) is 11.3. The van der Waals surface area contributed by atoms with Crippen molar-refractivity contribution in [2.45, 2.75) is 13.0 Å². The van der Waals surface area contributed by atoms with E-state index in [0.717, 1.165) is 16.2 Å². The molecule has 1 aliphatic heterocycles. The second-order valence-electron chi connectivity index (χ2n) is 8.25. The largest absolute Gasteiger partial charge is 0.507 e. The third kappa shape index (κ3) is 5.12. The predicted molar refractivity (Wildman–Crippen MR) is 147 cm³/mol. The number of benzene rings is 2. The Morgan fingerprint density at radius 2 is 1.97 bits per heavy atom. The number of halogens is 1. The number of esters is 1. The molecule has 2 N–H and O–H groups in total. The van der Waals surface area contributed by atoms with Gasteiger partial charge in [-0.1, -0.05) is 36.1 Å². The van der Waals surface area contributed by atoms with Crippen LogP contribution in [0, 0.1) is 6.92 Å². The van der Waals surface area contributed by atoms with Crippen LogP contribution in [0.5, 0.6) is 17.2 Å². The van der Waals surface area contributed by atoms with E-state index in [1.54, 1.807) is 25.1 Å². The number of nitrogens with zero attached hydrogens (tertiary/aromatic N) is 2. The summed E-state index contributed by atoms with van der Waals surface area (Å²) in [5.74, 6) is -2.73. The molecule has 1 aliphatic rings. The van der Waals surface area contributed by atoms with Crippen LogP contribution in [0.15, 0.2) is 59.1 Å². The number of carbonyl (C=O) groups excluding carboxylic acids is 3. The number of aliphatic hydroxyl groups excluding tert-OH is 1. The fourth-order valence-corrected chi connectivity index (χ4v) is 5.50. The van der Waals surface area contributed by atoms with E-state index in [0.29, 0.717) is 17.0 Å². The summed E-state index contributed by atoms with van der Waals surface area (Å²) < 4.78 is 15.9. The minimum atomic E-state index is -1.19. The second-order valence-corrected chi connectivity index (χ2v) is 10.1. The zero-order valence-corrected chi connectivity index (χ0v) is 23.5. The summed E-state index contributed by atoms with van der Waals surface area (Å²) in [6, 6.07) is 8.14. The van der Waals surface area contributed by atoms with Crippen molar-refractivity contribution in [3.8, 4) is 17.2 Å². The van der Waals surface area contributed by atoms with Crippen LogP contribution in [0.4, 0.5) is 5.13 Å². The van der Waals surface area contributed by atoms with Crippen molar-refractivity contribution in [3.05, 3.63) is 80.8 Å². The molecule has 12 heteroatoms. The topological polar surface area (TPSA) is 135 Å². The standard InChI is InChI=1S/C27H23BrN2O8S/c1-5-9-38-26(35)24-13(2)29-27(39-24)30-20(15-11-17(28)22(32)18(12-15)37-4)19(23(33)25(30)34)21(31)14-7-6-8-16(10-14)36-3/h5-8,10-12,20,31-32H,1,9H2,2-4H3. The molecule has 4 rings (SSSR count). The number of phenols is 1. The summed E-state index contributed by atoms with van der Waals surface area (Å²) in [6.45, 7) is 5.08. The van der Waals surface area contributed by atoms with Crippen molar-refractivity contribution in [3.63, 3.8) is 0 Å². The number of hydrogen-bond donors (Lipinski definition) is 2. The lowest BCUT2D eigenvalue weighted by atomic mass is 9.95. The smallest absolute Gasteiger partial charge is 0.350 e. The zero-order valence-electron chi connectivity index (χ0n) is 21.1. The fourth-order valence-electron chi connectivity index (χ4n) is 4.05. The van der Waals surface area contributed by atoms with Gasteiger partial charge in [0.1, 0.15) is 23.0 Å². The number of rotatable bonds is 8. The number of ketones is 1. The molecule has 1 atom stereocenters. The minimum absolute atomic E-state index is 0.0160. The van der Waals surface area contributed by atoms with Gasteiger partial charge in [0.05, 0.1) is 36.0 Å². The summed E-state index contributed by atoms with van der Waals surface area (Å²) in [7, 11) is 2.81. The SMILES string of the molecule is C=CCOC(=O)c1sc(N2C(=O)C(=O)C(=C(O)c3cccc(OC)c3)C2c2cc(Br)c(O)c(OC)c2)nc1C. The average Bonchev–Trinajstić information content (AvgIpc) is 3.44. The maximum Gasteiger partial charge on any atom is 0.350 e. The molecule has 0 aliphatic carbocycles. The Labute approximate surface area is 235 Å². The number of amides is 1. The molecular formula is C27H23BrN2O8S. The highest BCUT2D eigenvalue weighted by molar-refractivity contribution is 9.10. The molecule has 3 aromatic rings. The van der Waals surface area contributed by atoms with Gasteiger partial charge in [-0.15, -0.1) is 0 Å². The van der Waals surface area contributed by atoms with E-state index >= 15 is 0 Å². The van der Waals surface area contributed by atoms with Crippen molar-refractivity contribution in [1.82, 2.24) is 4.98 Å². The number of ether oxygens (including phenoxy) is 3. The molecule has 2 aromatic carbocycles. The maximum absolute atomic E-state index is 13.5. The van der Waals surface area contributed by atoms with E-state index in [2.05, 4.69) is 27.5 Å². The first-order valence-electron chi connectivity index (χ1n) is 11.4. The molecule has 1 fully saturated rings. The highest BCUT2D eigenvalue weighted by Gasteiger charge is 2.49. The highest BCUT2D eigenvalue weighted by atomic mass is 79.9. The summed E-state index contributed by atoms with van der Waals surface area (Å²) >= 11 is 4.14. The van der Waals surface area contributed by atoms with Gasteiger partial charge < -0.3 is 24.4 Å². The first kappa shape index (κ1) is 27.9. The molecule has 1 unspecified atom stereocenters. The van der Waals surface area contributed by atoms with Gasteiger partial charge in [0.25, 0.3) is 5.78 Å². The Hall–Kier alpha value is -4.16. The lowest BCUT2D eigenvalue weighted by Crippen LogP contribution is -2.29. The van der Waals surface area contributed by atoms with Crippen LogP contribution in [0.2, 0.25) is 0 Å². The number of aliphatic hydroxyl groups is 1. The van der Waals surface area contributed by atoms with Gasteiger partial charge in [0.2, 0.25) is 0 Å². The van der Waals surface area contributed by atoms with E-state index in [1.165, 1.54) is 38.5 Å². The van der Waals surface area contributed by atoms with Gasteiger partial charge in [-0.05, 0) is 52.7 Å². The Morgan fingerprint density at radius 3 is 2.64 bits per heavy atom. The summed E-state index contributed by atoms with van der Waals surface area (Å²) in [4.78, 5) is 45.1. The fraction of sp³-hybridized carbons (Fsp3) is 0.185. The quantitative estimate of drug-likeness (QED) is 0.119. The highest BCUT2D eigenvalue weighted by Crippen LogP contribution is 2.47. The molecule has 202 valence electrons. The summed E-state index contributed by atoms with van der Waals surface area (Å²) in [5, 5.41) is 21.8. The van der Waals surface area contributed by atoms with Crippen LogP contribution in [0.3, 0.4) is 0 Å². The molecule has 0 spiro atoms. The molecule has 2 heterocycles. The third-order valence-corrected chi connectivity index (χ3v) is 7.62. The summed E-state index contributed by atoms with van der Waals surface area (Å²) in [6.07, 6.45) is 1.42. The van der Waals surface area contributed by atoms with Crippen LogP contribution >= 0.6 is 27.3 Å². The Balaban J connectivity index is 1.96. The molecule has 0 bridgehead atoms. The number of thiazole rings is 1. The van der Waals surface area contributed by atoms with Crippen LogP contribution < -0.4 is 14.4 Å². The van der Waals surface area contributed by atoms with Crippen LogP contribution in [0.25, 0.3) is 5.76 Å². The number of methoxy groups -OCH3 is 2.